The highest BCUT2D eigenvalue weighted by Gasteiger charge is 2.23. The largest absolute Gasteiger partial charge is 0.382 e. The van der Waals surface area contributed by atoms with Gasteiger partial charge in [0.2, 0.25) is 0 Å². The molecular formula is C76H148N6O34. The van der Waals surface area contributed by atoms with Gasteiger partial charge in [-0.3, -0.25) is 9.59 Å². The van der Waals surface area contributed by atoms with E-state index in [2.05, 4.69) is 21.3 Å². The van der Waals surface area contributed by atoms with Crippen LogP contribution in [0.25, 0.3) is 0 Å². The van der Waals surface area contributed by atoms with E-state index >= 15 is 0 Å². The van der Waals surface area contributed by atoms with Crippen molar-refractivity contribution in [3.05, 3.63) is 11.4 Å². The summed E-state index contributed by atoms with van der Waals surface area (Å²) in [6, 6.07) is 0. The van der Waals surface area contributed by atoms with Crippen LogP contribution in [0.1, 0.15) is 33.8 Å². The Morgan fingerprint density at radius 1 is 0.181 bits per heavy atom. The van der Waals surface area contributed by atoms with Crippen molar-refractivity contribution in [2.75, 3.05) is 462 Å². The van der Waals surface area contributed by atoms with E-state index in [0.717, 1.165) is 0 Å². The second kappa shape index (κ2) is 96.8. The first-order valence-electron chi connectivity index (χ1n) is 40.7. The maximum absolute atomic E-state index is 14.0. The zero-order valence-electron chi connectivity index (χ0n) is 70.4. The van der Waals surface area contributed by atoms with E-state index in [9.17, 15) is 9.59 Å². The summed E-state index contributed by atoms with van der Waals surface area (Å²) in [7, 11) is 6.51. The molecule has 40 nitrogen and oxygen atoms in total. The van der Waals surface area contributed by atoms with Crippen LogP contribution < -0.4 is 21.3 Å². The van der Waals surface area contributed by atoms with E-state index in [1.165, 1.54) is 0 Å². The van der Waals surface area contributed by atoms with Gasteiger partial charge in [-0.25, -0.2) is 9.97 Å². The van der Waals surface area contributed by atoms with Crippen molar-refractivity contribution < 1.29 is 161 Å². The first-order chi connectivity index (χ1) is 57.6. The molecule has 1 rings (SSSR count). The average Bonchev–Trinajstić information content (AvgIpc) is 0.805. The van der Waals surface area contributed by atoms with Crippen LogP contribution in [0.15, 0.2) is 0 Å². The van der Waals surface area contributed by atoms with Crippen LogP contribution in [0, 0.1) is 0 Å². The summed E-state index contributed by atoms with van der Waals surface area (Å²) in [4.78, 5) is 37.4. The average molecular weight is 1690 g/mol. The molecule has 0 atom stereocenters. The smallest absolute Gasteiger partial charge is 0.273 e. The van der Waals surface area contributed by atoms with Crippen LogP contribution in [0.5, 0.6) is 0 Å². The molecule has 40 heteroatoms. The first kappa shape index (κ1) is 110. The van der Waals surface area contributed by atoms with Gasteiger partial charge in [0.05, 0.1) is 383 Å². The molecule has 0 aliphatic heterocycles. The molecule has 0 fully saturated rings. The van der Waals surface area contributed by atoms with Crippen molar-refractivity contribution in [3.63, 3.8) is 0 Å². The summed E-state index contributed by atoms with van der Waals surface area (Å²) >= 11 is 0. The molecule has 0 bridgehead atoms. The number of ether oxygens (including phenoxy) is 32. The Bertz CT molecular complexity index is 1990. The minimum absolute atomic E-state index is 0.0339. The lowest BCUT2D eigenvalue weighted by Gasteiger charge is -2.17. The van der Waals surface area contributed by atoms with Crippen molar-refractivity contribution >= 4 is 23.5 Å². The molecule has 0 unspecified atom stereocenters. The number of carbonyl (C=O) groups excluding carboxylic acids is 2. The summed E-state index contributed by atoms with van der Waals surface area (Å²) < 4.78 is 175. The fourth-order valence-electron chi connectivity index (χ4n) is 8.66. The van der Waals surface area contributed by atoms with E-state index in [1.54, 1.807) is 28.4 Å². The molecule has 0 aromatic carbocycles. The molecule has 0 aliphatic rings. The topological polar surface area (TPSA) is 403 Å². The third kappa shape index (κ3) is 82.6. The van der Waals surface area contributed by atoms with Crippen LogP contribution >= 0.6 is 0 Å². The highest BCUT2D eigenvalue weighted by Crippen LogP contribution is 2.19. The molecule has 0 spiro atoms. The Labute approximate surface area is 688 Å². The van der Waals surface area contributed by atoms with Gasteiger partial charge < -0.3 is 173 Å². The Kier molecular flexibility index (Phi) is 92.1. The Morgan fingerprint density at radius 3 is 0.457 bits per heavy atom. The lowest BCUT2D eigenvalue weighted by atomic mass is 10.3. The zero-order chi connectivity index (χ0) is 83.0. The molecule has 0 radical (unpaired) electrons. The predicted molar refractivity (Wildman–Crippen MR) is 423 cm³/mol. The van der Waals surface area contributed by atoms with Gasteiger partial charge in [0.15, 0.2) is 23.0 Å². The van der Waals surface area contributed by atoms with Gasteiger partial charge in [0.1, 0.15) is 0 Å². The summed E-state index contributed by atoms with van der Waals surface area (Å²) in [6.45, 7) is 27.3. The molecule has 1 aromatic heterocycles. The molecule has 4 N–H and O–H groups in total. The van der Waals surface area contributed by atoms with Crippen LogP contribution in [0.2, 0.25) is 0 Å². The highest BCUT2D eigenvalue weighted by atomic mass is 16.6. The van der Waals surface area contributed by atoms with E-state index in [1.807, 2.05) is 0 Å². The van der Waals surface area contributed by atoms with Crippen molar-refractivity contribution in [2.45, 2.75) is 12.8 Å². The minimum atomic E-state index is -0.537. The van der Waals surface area contributed by atoms with E-state index < -0.39 is 11.8 Å². The van der Waals surface area contributed by atoms with E-state index in [0.29, 0.717) is 396 Å². The highest BCUT2D eigenvalue weighted by molar-refractivity contribution is 6.01. The normalized spacial score (nSPS) is 11.6. The quantitative estimate of drug-likeness (QED) is 0.0648. The van der Waals surface area contributed by atoms with Gasteiger partial charge in [-0.2, -0.15) is 0 Å². The number of carbonyl (C=O) groups is 2. The molecular weight excluding hydrogens is 1540 g/mol. The van der Waals surface area contributed by atoms with E-state index in [4.69, 9.17) is 162 Å². The number of nitrogens with one attached hydrogen (secondary N) is 4. The molecule has 2 amide bonds. The molecule has 0 saturated carbocycles. The van der Waals surface area contributed by atoms with Crippen LogP contribution in [-0.4, -0.2) is 473 Å². The number of hydrogen-bond acceptors (Lipinski definition) is 38. The second-order valence-corrected chi connectivity index (χ2v) is 23.8. The Morgan fingerprint density at radius 2 is 0.310 bits per heavy atom. The maximum Gasteiger partial charge on any atom is 0.273 e. The fourth-order valence-corrected chi connectivity index (χ4v) is 8.66. The lowest BCUT2D eigenvalue weighted by Crippen LogP contribution is -2.33. The monoisotopic (exact) mass is 1690 g/mol. The van der Waals surface area contributed by atoms with Crippen LogP contribution in [0.4, 0.5) is 11.6 Å². The molecule has 1 aromatic rings. The summed E-state index contributed by atoms with van der Waals surface area (Å²) in [5.41, 5.74) is -0.0678. The molecule has 0 saturated heterocycles. The van der Waals surface area contributed by atoms with Gasteiger partial charge in [-0.15, -0.1) is 0 Å². The molecule has 0 aliphatic carbocycles. The predicted octanol–water partition coefficient (Wildman–Crippen LogP) is 0.591. The molecule has 116 heavy (non-hydrogen) atoms. The molecule has 686 valence electrons. The summed E-state index contributed by atoms with van der Waals surface area (Å²) in [6.07, 6.45) is 1.06. The van der Waals surface area contributed by atoms with Gasteiger partial charge in [0, 0.05) is 67.8 Å². The SMILES string of the molecule is COCCOCCOCCOCCCNc1nc(C(=O)NCCOCCOCCOCCOCCOCCOCCOCCOCCOCCOCCOCCOC)c(NCCCOCCOCCOCCOC)nc1C(=O)NCCOCCOCCOCCOCCOCCOCCOCCOCCOCCOCCOCCOC. The van der Waals surface area contributed by atoms with E-state index in [-0.39, 0.29) is 62.5 Å². The minimum Gasteiger partial charge on any atom is -0.382 e. The van der Waals surface area contributed by atoms with Gasteiger partial charge in [-0.1, -0.05) is 0 Å². The van der Waals surface area contributed by atoms with Crippen molar-refractivity contribution in [1.29, 1.82) is 0 Å². The third-order valence-corrected chi connectivity index (χ3v) is 14.6. The number of rotatable bonds is 102. The number of anilines is 2. The maximum atomic E-state index is 14.0. The lowest BCUT2D eigenvalue weighted by molar-refractivity contribution is -0.0279. The Balaban J connectivity index is 2.47. The number of nitrogens with zero attached hydrogens (tertiary/aromatic N) is 2. The van der Waals surface area contributed by atoms with Crippen LogP contribution in [0.3, 0.4) is 0 Å². The second-order valence-electron chi connectivity index (χ2n) is 23.8. The summed E-state index contributed by atoms with van der Waals surface area (Å²) in [5.74, 6) is -0.874. The fraction of sp³-hybridized carbons (Fsp3) is 0.921. The van der Waals surface area contributed by atoms with Crippen molar-refractivity contribution in [2.24, 2.45) is 0 Å². The van der Waals surface area contributed by atoms with Gasteiger partial charge >= 0.3 is 0 Å². The standard InChI is InChI=1S/C76H148N6O34/c1-85-15-19-93-31-35-97-27-23-89-11-5-7-77-73-71(75(83)79-9-13-91-25-29-99-39-41-103-47-49-107-55-57-111-63-65-115-69-67-113-61-59-109-53-51-105-45-43-101-37-33-95-21-17-87-3)82-74(78-8-6-12-90-24-28-98-36-32-94-20-16-86-2)72(81-73)76(84)80-10-14-92-26-30-100-40-42-104-48-50-108-56-58-112-64-66-116-70-68-114-62-60-110-54-52-106-46-44-102-38-34-96-22-18-88-4/h5-70H2,1-4H3,(H,77,81)(H,78,82)(H,79,83)(H,80,84). The number of methoxy groups -OCH3 is 4. The van der Waals surface area contributed by atoms with Gasteiger partial charge in [-0.05, 0) is 12.8 Å². The number of hydrogen-bond donors (Lipinski definition) is 4. The first-order valence-corrected chi connectivity index (χ1v) is 40.7. The van der Waals surface area contributed by atoms with Crippen molar-refractivity contribution in [3.8, 4) is 0 Å². The molecule has 1 heterocycles. The van der Waals surface area contributed by atoms with Gasteiger partial charge in [0.25, 0.3) is 11.8 Å². The van der Waals surface area contributed by atoms with Crippen LogP contribution in [-0.2, 0) is 152 Å². The third-order valence-electron chi connectivity index (χ3n) is 14.6. The zero-order valence-corrected chi connectivity index (χ0v) is 70.4. The number of amides is 2. The summed E-state index contributed by atoms with van der Waals surface area (Å²) in [5, 5.41) is 12.2. The number of aromatic nitrogens is 2. The Hall–Kier alpha value is -3.66. The van der Waals surface area contributed by atoms with Crippen molar-refractivity contribution in [1.82, 2.24) is 20.6 Å².